The molecule has 1 fully saturated rings. The minimum absolute atomic E-state index is 0.0853. The Morgan fingerprint density at radius 3 is 2.42 bits per heavy atom. The van der Waals surface area contributed by atoms with E-state index in [0.717, 1.165) is 12.8 Å². The van der Waals surface area contributed by atoms with Gasteiger partial charge in [-0.25, -0.2) is 4.39 Å². The van der Waals surface area contributed by atoms with Crippen LogP contribution in [0.4, 0.5) is 17.6 Å². The first kappa shape index (κ1) is 23.4. The molecular weight excluding hydrogens is 436 g/mol. The molecule has 31 heavy (non-hydrogen) atoms. The molecule has 3 rings (SSSR count). The van der Waals surface area contributed by atoms with Gasteiger partial charge in [-0.2, -0.15) is 13.2 Å². The zero-order chi connectivity index (χ0) is 22.6. The van der Waals surface area contributed by atoms with Crippen molar-refractivity contribution in [3.63, 3.8) is 0 Å². The van der Waals surface area contributed by atoms with Crippen molar-refractivity contribution in [1.29, 1.82) is 0 Å². The van der Waals surface area contributed by atoms with Gasteiger partial charge in [-0.15, -0.1) is 0 Å². The van der Waals surface area contributed by atoms with E-state index in [0.29, 0.717) is 29.0 Å². The molecule has 1 aliphatic carbocycles. The Kier molecular flexibility index (Phi) is 7.46. The number of carbonyl (C=O) groups is 1. The van der Waals surface area contributed by atoms with E-state index in [-0.39, 0.29) is 22.9 Å². The molecule has 0 spiro atoms. The Balaban J connectivity index is 2.04. The zero-order valence-electron chi connectivity index (χ0n) is 17.0. The van der Waals surface area contributed by atoms with E-state index in [1.165, 1.54) is 18.2 Å². The SMILES string of the molecule is CCOC(=O)C(CC1CC1)c1cc(Cl)c(-c2ccc(CF)cc2)c(OCC(F)(F)F)c1. The molecule has 3 nitrogen and oxygen atoms in total. The van der Waals surface area contributed by atoms with Crippen LogP contribution in [0.1, 0.15) is 43.2 Å². The van der Waals surface area contributed by atoms with E-state index in [2.05, 4.69) is 0 Å². The van der Waals surface area contributed by atoms with Crippen LogP contribution in [0.15, 0.2) is 36.4 Å². The molecule has 0 radical (unpaired) electrons. The van der Waals surface area contributed by atoms with Crippen LogP contribution in [-0.2, 0) is 16.2 Å². The van der Waals surface area contributed by atoms with Crippen molar-refractivity contribution in [2.24, 2.45) is 5.92 Å². The highest BCUT2D eigenvalue weighted by atomic mass is 35.5. The Labute approximate surface area is 183 Å². The maximum Gasteiger partial charge on any atom is 0.422 e. The Morgan fingerprint density at radius 2 is 1.87 bits per heavy atom. The molecule has 0 aliphatic heterocycles. The summed E-state index contributed by atoms with van der Waals surface area (Å²) >= 11 is 6.48. The van der Waals surface area contributed by atoms with Crippen LogP contribution in [0.3, 0.4) is 0 Å². The van der Waals surface area contributed by atoms with Crippen molar-refractivity contribution in [2.45, 2.75) is 45.0 Å². The fourth-order valence-corrected chi connectivity index (χ4v) is 3.74. The first-order chi connectivity index (χ1) is 14.7. The van der Waals surface area contributed by atoms with Crippen LogP contribution >= 0.6 is 11.6 Å². The maximum absolute atomic E-state index is 12.9. The molecule has 0 aromatic heterocycles. The summed E-state index contributed by atoms with van der Waals surface area (Å²) < 4.78 is 61.7. The second-order valence-electron chi connectivity index (χ2n) is 7.59. The fraction of sp³-hybridized carbons (Fsp3) is 0.435. The lowest BCUT2D eigenvalue weighted by atomic mass is 9.91. The van der Waals surface area contributed by atoms with Crippen LogP contribution < -0.4 is 4.74 Å². The number of hydrogen-bond acceptors (Lipinski definition) is 3. The summed E-state index contributed by atoms with van der Waals surface area (Å²) in [6.45, 7) is -0.271. The maximum atomic E-state index is 12.9. The van der Waals surface area contributed by atoms with Crippen LogP contribution in [0.2, 0.25) is 5.02 Å². The first-order valence-electron chi connectivity index (χ1n) is 10.1. The van der Waals surface area contributed by atoms with Gasteiger partial charge in [0.15, 0.2) is 6.61 Å². The molecule has 168 valence electrons. The second kappa shape index (κ2) is 9.90. The molecule has 0 N–H and O–H groups in total. The molecule has 1 saturated carbocycles. The molecule has 0 heterocycles. The van der Waals surface area contributed by atoms with Gasteiger partial charge in [0, 0.05) is 5.56 Å². The smallest absolute Gasteiger partial charge is 0.422 e. The van der Waals surface area contributed by atoms with E-state index in [1.54, 1.807) is 25.1 Å². The summed E-state index contributed by atoms with van der Waals surface area (Å²) in [7, 11) is 0. The van der Waals surface area contributed by atoms with Crippen LogP contribution in [-0.4, -0.2) is 25.4 Å². The number of alkyl halides is 4. The number of benzene rings is 2. The number of carbonyl (C=O) groups excluding carboxylic acids is 1. The lowest BCUT2D eigenvalue weighted by Gasteiger charge is -2.20. The minimum atomic E-state index is -4.55. The lowest BCUT2D eigenvalue weighted by Crippen LogP contribution is -2.20. The predicted octanol–water partition coefficient (Wildman–Crippen LogP) is 6.86. The van der Waals surface area contributed by atoms with Gasteiger partial charge in [-0.05, 0) is 48.1 Å². The molecule has 0 saturated heterocycles. The highest BCUT2D eigenvalue weighted by Crippen LogP contribution is 2.44. The topological polar surface area (TPSA) is 35.5 Å². The van der Waals surface area contributed by atoms with Gasteiger partial charge in [0.1, 0.15) is 12.4 Å². The normalized spacial score (nSPS) is 14.9. The second-order valence-corrected chi connectivity index (χ2v) is 8.00. The average Bonchev–Trinajstić information content (AvgIpc) is 3.54. The summed E-state index contributed by atoms with van der Waals surface area (Å²) in [4.78, 5) is 12.6. The van der Waals surface area contributed by atoms with E-state index >= 15 is 0 Å². The van der Waals surface area contributed by atoms with E-state index in [4.69, 9.17) is 21.1 Å². The van der Waals surface area contributed by atoms with Gasteiger partial charge in [0.2, 0.25) is 0 Å². The van der Waals surface area contributed by atoms with E-state index < -0.39 is 31.3 Å². The molecule has 1 atom stereocenters. The minimum Gasteiger partial charge on any atom is -0.483 e. The van der Waals surface area contributed by atoms with Crippen molar-refractivity contribution in [2.75, 3.05) is 13.2 Å². The molecule has 8 heteroatoms. The van der Waals surface area contributed by atoms with Gasteiger partial charge in [0.05, 0.1) is 17.5 Å². The third kappa shape index (κ3) is 6.35. The van der Waals surface area contributed by atoms with Crippen molar-refractivity contribution in [3.8, 4) is 16.9 Å². The van der Waals surface area contributed by atoms with Crippen molar-refractivity contribution >= 4 is 17.6 Å². The molecule has 0 amide bonds. The molecular formula is C23H23ClF4O3. The zero-order valence-corrected chi connectivity index (χ0v) is 17.7. The van der Waals surface area contributed by atoms with E-state index in [1.807, 2.05) is 0 Å². The van der Waals surface area contributed by atoms with Gasteiger partial charge in [0.25, 0.3) is 0 Å². The molecule has 1 unspecified atom stereocenters. The monoisotopic (exact) mass is 458 g/mol. The molecule has 0 bridgehead atoms. The fourth-order valence-electron chi connectivity index (χ4n) is 3.41. The quantitative estimate of drug-likeness (QED) is 0.304. The van der Waals surface area contributed by atoms with Crippen molar-refractivity contribution in [1.82, 2.24) is 0 Å². The van der Waals surface area contributed by atoms with Crippen molar-refractivity contribution < 1.29 is 31.8 Å². The Bertz CT molecular complexity index is 908. The van der Waals surface area contributed by atoms with Gasteiger partial charge in [-0.1, -0.05) is 48.7 Å². The predicted molar refractivity (Wildman–Crippen MR) is 110 cm³/mol. The third-order valence-corrected chi connectivity index (χ3v) is 5.40. The highest BCUT2D eigenvalue weighted by molar-refractivity contribution is 6.33. The lowest BCUT2D eigenvalue weighted by molar-refractivity contribution is -0.153. The third-order valence-electron chi connectivity index (χ3n) is 5.10. The van der Waals surface area contributed by atoms with Gasteiger partial charge in [-0.3, -0.25) is 4.79 Å². The number of rotatable bonds is 9. The Morgan fingerprint density at radius 1 is 1.19 bits per heavy atom. The van der Waals surface area contributed by atoms with Crippen molar-refractivity contribution in [3.05, 3.63) is 52.5 Å². The van der Waals surface area contributed by atoms with Gasteiger partial charge < -0.3 is 9.47 Å². The molecule has 2 aromatic rings. The summed E-state index contributed by atoms with van der Waals surface area (Å²) in [5, 5.41) is 0.146. The van der Waals surface area contributed by atoms with E-state index in [9.17, 15) is 22.4 Å². The molecule has 1 aliphatic rings. The summed E-state index contributed by atoms with van der Waals surface area (Å²) in [5.41, 5.74) is 1.63. The van der Waals surface area contributed by atoms with Crippen LogP contribution in [0.5, 0.6) is 5.75 Å². The summed E-state index contributed by atoms with van der Waals surface area (Å²) in [6, 6.07) is 9.21. The molecule has 2 aromatic carbocycles. The number of ether oxygens (including phenoxy) is 2. The summed E-state index contributed by atoms with van der Waals surface area (Å²) in [6.07, 6.45) is -2.01. The summed E-state index contributed by atoms with van der Waals surface area (Å²) in [5.74, 6) is -0.785. The first-order valence-corrected chi connectivity index (χ1v) is 10.4. The largest absolute Gasteiger partial charge is 0.483 e. The standard InChI is InChI=1S/C23H23ClF4O3/c1-2-30-22(29)18(9-14-3-4-14)17-10-19(24)21(16-7-5-15(12-25)6-8-16)20(11-17)31-13-23(26,27)28/h5-8,10-11,14,18H,2-4,9,12-13H2,1H3. The van der Waals surface area contributed by atoms with Crippen LogP contribution in [0, 0.1) is 5.92 Å². The van der Waals surface area contributed by atoms with Gasteiger partial charge >= 0.3 is 12.1 Å². The number of halogens is 5. The average molecular weight is 459 g/mol. The number of hydrogen-bond donors (Lipinski definition) is 0. The number of esters is 1. The Hall–Kier alpha value is -2.28. The highest BCUT2D eigenvalue weighted by Gasteiger charge is 2.33. The van der Waals surface area contributed by atoms with Crippen LogP contribution in [0.25, 0.3) is 11.1 Å².